The number of phenolic OH excluding ortho intramolecular Hbond substituents is 1. The number of fused-ring (bicyclic) bond motifs is 1. The average Bonchev–Trinajstić information content (AvgIpc) is 3.02. The fraction of sp³-hybridized carbons (Fsp3) is 0.176. The van der Waals surface area contributed by atoms with Gasteiger partial charge in [-0.25, -0.2) is 4.98 Å². The third-order valence-electron chi connectivity index (χ3n) is 3.65. The zero-order valence-electron chi connectivity index (χ0n) is 13.4. The van der Waals surface area contributed by atoms with E-state index in [0.29, 0.717) is 11.6 Å². The van der Waals surface area contributed by atoms with Gasteiger partial charge in [0, 0.05) is 18.8 Å². The number of aromatic amines is 1. The SMILES string of the molecule is CNC(=O)CNc1ccc2nc(-c3ccc(O)cc3OC)[nH]c2c1. The number of anilines is 1. The predicted octanol–water partition coefficient (Wildman–Crippen LogP) is 2.10. The number of carbonyl (C=O) groups is 1. The number of methoxy groups -OCH3 is 1. The quantitative estimate of drug-likeness (QED) is 0.575. The van der Waals surface area contributed by atoms with Crippen LogP contribution < -0.4 is 15.4 Å². The lowest BCUT2D eigenvalue weighted by molar-refractivity contribution is -0.118. The third-order valence-corrected chi connectivity index (χ3v) is 3.65. The summed E-state index contributed by atoms with van der Waals surface area (Å²) in [5, 5.41) is 15.2. The van der Waals surface area contributed by atoms with E-state index in [1.165, 1.54) is 0 Å². The van der Waals surface area contributed by atoms with Crippen molar-refractivity contribution in [3.63, 3.8) is 0 Å². The highest BCUT2D eigenvalue weighted by Crippen LogP contribution is 2.32. The van der Waals surface area contributed by atoms with Crippen molar-refractivity contribution in [2.75, 3.05) is 26.0 Å². The maximum absolute atomic E-state index is 11.3. The molecule has 0 saturated carbocycles. The first kappa shape index (κ1) is 15.7. The Labute approximate surface area is 138 Å². The van der Waals surface area contributed by atoms with Crippen LogP contribution in [-0.4, -0.2) is 41.7 Å². The summed E-state index contributed by atoms with van der Waals surface area (Å²) in [6.07, 6.45) is 0. The van der Waals surface area contributed by atoms with E-state index in [0.717, 1.165) is 22.3 Å². The molecule has 7 heteroatoms. The number of phenols is 1. The van der Waals surface area contributed by atoms with Gasteiger partial charge in [0.15, 0.2) is 0 Å². The molecule has 1 heterocycles. The molecule has 0 bridgehead atoms. The maximum atomic E-state index is 11.3. The first-order valence-electron chi connectivity index (χ1n) is 7.42. The van der Waals surface area contributed by atoms with Crippen molar-refractivity contribution in [2.45, 2.75) is 0 Å². The number of benzene rings is 2. The molecule has 0 saturated heterocycles. The Kier molecular flexibility index (Phi) is 4.24. The number of aromatic hydroxyl groups is 1. The van der Waals surface area contributed by atoms with Crippen LogP contribution in [0.1, 0.15) is 0 Å². The Bertz CT molecular complexity index is 889. The summed E-state index contributed by atoms with van der Waals surface area (Å²) < 4.78 is 5.30. The monoisotopic (exact) mass is 326 g/mol. The van der Waals surface area contributed by atoms with E-state index in [1.54, 1.807) is 32.4 Å². The molecule has 3 aromatic rings. The predicted molar refractivity (Wildman–Crippen MR) is 92.3 cm³/mol. The van der Waals surface area contributed by atoms with Crippen LogP contribution in [0.5, 0.6) is 11.5 Å². The van der Waals surface area contributed by atoms with Gasteiger partial charge in [0.2, 0.25) is 5.91 Å². The normalized spacial score (nSPS) is 10.6. The van der Waals surface area contributed by atoms with Gasteiger partial charge in [0.1, 0.15) is 17.3 Å². The Balaban J connectivity index is 1.93. The number of likely N-dealkylation sites (N-methyl/N-ethyl adjacent to an activating group) is 1. The number of ether oxygens (including phenoxy) is 1. The second kappa shape index (κ2) is 6.49. The summed E-state index contributed by atoms with van der Waals surface area (Å²) in [6, 6.07) is 10.5. The molecule has 0 radical (unpaired) electrons. The molecule has 0 aliphatic heterocycles. The van der Waals surface area contributed by atoms with Crippen molar-refractivity contribution in [1.82, 2.24) is 15.3 Å². The molecular formula is C17H18N4O3. The molecule has 0 aliphatic carbocycles. The number of carbonyl (C=O) groups excluding carboxylic acids is 1. The smallest absolute Gasteiger partial charge is 0.239 e. The fourth-order valence-corrected chi connectivity index (χ4v) is 2.39. The Morgan fingerprint density at radius 2 is 2.12 bits per heavy atom. The first-order valence-corrected chi connectivity index (χ1v) is 7.42. The molecule has 124 valence electrons. The highest BCUT2D eigenvalue weighted by molar-refractivity contribution is 5.85. The molecule has 0 aliphatic rings. The second-order valence-corrected chi connectivity index (χ2v) is 5.23. The lowest BCUT2D eigenvalue weighted by Gasteiger charge is -2.06. The summed E-state index contributed by atoms with van der Waals surface area (Å²) in [5.41, 5.74) is 3.21. The number of amides is 1. The number of rotatable bonds is 5. The summed E-state index contributed by atoms with van der Waals surface area (Å²) in [4.78, 5) is 19.1. The van der Waals surface area contributed by atoms with Gasteiger partial charge in [0.05, 0.1) is 30.3 Å². The van der Waals surface area contributed by atoms with Gasteiger partial charge < -0.3 is 25.5 Å². The summed E-state index contributed by atoms with van der Waals surface area (Å²) in [5.74, 6) is 1.22. The number of hydrogen-bond acceptors (Lipinski definition) is 5. The van der Waals surface area contributed by atoms with Crippen LogP contribution in [0.3, 0.4) is 0 Å². The standard InChI is InChI=1S/C17H18N4O3/c1-18-16(23)9-19-10-3-6-13-14(7-10)21-17(20-13)12-5-4-11(22)8-15(12)24-2/h3-8,19,22H,9H2,1-2H3,(H,18,23)(H,20,21). The number of nitrogens with one attached hydrogen (secondary N) is 3. The summed E-state index contributed by atoms with van der Waals surface area (Å²) >= 11 is 0. The van der Waals surface area contributed by atoms with Crippen molar-refractivity contribution < 1.29 is 14.6 Å². The minimum Gasteiger partial charge on any atom is -0.508 e. The number of H-pyrrole nitrogens is 1. The van der Waals surface area contributed by atoms with E-state index < -0.39 is 0 Å². The molecule has 7 nitrogen and oxygen atoms in total. The van der Waals surface area contributed by atoms with Gasteiger partial charge in [-0.3, -0.25) is 4.79 Å². The highest BCUT2D eigenvalue weighted by atomic mass is 16.5. The Hall–Kier alpha value is -3.22. The Morgan fingerprint density at radius 1 is 1.29 bits per heavy atom. The van der Waals surface area contributed by atoms with Crippen LogP contribution in [-0.2, 0) is 4.79 Å². The fourth-order valence-electron chi connectivity index (χ4n) is 2.39. The van der Waals surface area contributed by atoms with Crippen LogP contribution in [0.4, 0.5) is 5.69 Å². The third kappa shape index (κ3) is 3.10. The molecule has 1 amide bonds. The number of imidazole rings is 1. The van der Waals surface area contributed by atoms with E-state index in [9.17, 15) is 9.90 Å². The molecule has 0 spiro atoms. The van der Waals surface area contributed by atoms with E-state index in [4.69, 9.17) is 4.74 Å². The molecular weight excluding hydrogens is 308 g/mol. The summed E-state index contributed by atoms with van der Waals surface area (Å²) in [6.45, 7) is 0.203. The van der Waals surface area contributed by atoms with Crippen molar-refractivity contribution in [3.8, 4) is 22.9 Å². The average molecular weight is 326 g/mol. The van der Waals surface area contributed by atoms with E-state index in [2.05, 4.69) is 20.6 Å². The zero-order chi connectivity index (χ0) is 17.1. The zero-order valence-corrected chi connectivity index (χ0v) is 13.4. The van der Waals surface area contributed by atoms with Gasteiger partial charge in [0.25, 0.3) is 0 Å². The van der Waals surface area contributed by atoms with Crippen LogP contribution in [0.2, 0.25) is 0 Å². The first-order chi connectivity index (χ1) is 11.6. The second-order valence-electron chi connectivity index (χ2n) is 5.23. The van der Waals surface area contributed by atoms with Crippen LogP contribution in [0, 0.1) is 0 Å². The molecule has 2 aromatic carbocycles. The van der Waals surface area contributed by atoms with Crippen LogP contribution in [0.25, 0.3) is 22.4 Å². The molecule has 3 rings (SSSR count). The van der Waals surface area contributed by atoms with Gasteiger partial charge in [-0.2, -0.15) is 0 Å². The minimum absolute atomic E-state index is 0.0887. The molecule has 4 N–H and O–H groups in total. The molecule has 0 fully saturated rings. The Morgan fingerprint density at radius 3 is 2.88 bits per heavy atom. The van der Waals surface area contributed by atoms with Crippen LogP contribution in [0.15, 0.2) is 36.4 Å². The van der Waals surface area contributed by atoms with Crippen molar-refractivity contribution in [3.05, 3.63) is 36.4 Å². The largest absolute Gasteiger partial charge is 0.508 e. The lowest BCUT2D eigenvalue weighted by Crippen LogP contribution is -2.26. The molecule has 0 unspecified atom stereocenters. The van der Waals surface area contributed by atoms with E-state index in [-0.39, 0.29) is 18.2 Å². The van der Waals surface area contributed by atoms with Gasteiger partial charge in [-0.05, 0) is 30.3 Å². The van der Waals surface area contributed by atoms with Crippen LogP contribution >= 0.6 is 0 Å². The van der Waals surface area contributed by atoms with Gasteiger partial charge >= 0.3 is 0 Å². The lowest BCUT2D eigenvalue weighted by atomic mass is 10.2. The maximum Gasteiger partial charge on any atom is 0.239 e. The van der Waals surface area contributed by atoms with Crippen molar-refractivity contribution >= 4 is 22.6 Å². The summed E-state index contributed by atoms with van der Waals surface area (Å²) in [7, 11) is 3.14. The van der Waals surface area contributed by atoms with E-state index in [1.807, 2.05) is 18.2 Å². The van der Waals surface area contributed by atoms with E-state index >= 15 is 0 Å². The highest BCUT2D eigenvalue weighted by Gasteiger charge is 2.12. The van der Waals surface area contributed by atoms with Crippen molar-refractivity contribution in [1.29, 1.82) is 0 Å². The number of aromatic nitrogens is 2. The number of hydrogen-bond donors (Lipinski definition) is 4. The van der Waals surface area contributed by atoms with Crippen molar-refractivity contribution in [2.24, 2.45) is 0 Å². The van der Waals surface area contributed by atoms with Gasteiger partial charge in [-0.1, -0.05) is 0 Å². The molecule has 24 heavy (non-hydrogen) atoms. The topological polar surface area (TPSA) is 99.3 Å². The molecule has 0 atom stereocenters. The number of nitrogens with zero attached hydrogens (tertiary/aromatic N) is 1. The minimum atomic E-state index is -0.0887. The van der Waals surface area contributed by atoms with Gasteiger partial charge in [-0.15, -0.1) is 0 Å². The molecule has 1 aromatic heterocycles.